The monoisotopic (exact) mass is 280 g/mol. The molecule has 0 saturated carbocycles. The Hall–Kier alpha value is -1.20. The molecule has 2 aromatic rings. The normalized spacial score (nSPS) is 10.8. The van der Waals surface area contributed by atoms with Gasteiger partial charge >= 0.3 is 0 Å². The lowest BCUT2D eigenvalue weighted by Gasteiger charge is -2.10. The van der Waals surface area contributed by atoms with Crippen LogP contribution in [0.25, 0.3) is 10.6 Å². The molecule has 18 heavy (non-hydrogen) atoms. The number of amides is 1. The first kappa shape index (κ1) is 13.2. The van der Waals surface area contributed by atoms with Gasteiger partial charge in [-0.1, -0.05) is 19.9 Å². The molecular weight excluding hydrogens is 264 g/mol. The maximum atomic E-state index is 11.9. The van der Waals surface area contributed by atoms with E-state index in [2.05, 4.69) is 10.3 Å². The zero-order chi connectivity index (χ0) is 13.0. The number of aromatic nitrogens is 1. The molecule has 1 N–H and O–H groups in total. The Balaban J connectivity index is 2.05. The van der Waals surface area contributed by atoms with E-state index in [9.17, 15) is 4.79 Å². The molecule has 3 nitrogen and oxygen atoms in total. The molecule has 96 valence electrons. The molecule has 2 aromatic heterocycles. The minimum absolute atomic E-state index is 0.0760. The lowest BCUT2D eigenvalue weighted by Crippen LogP contribution is -2.21. The van der Waals surface area contributed by atoms with E-state index < -0.39 is 0 Å². The topological polar surface area (TPSA) is 42.0 Å². The van der Waals surface area contributed by atoms with E-state index in [4.69, 9.17) is 0 Å². The molecule has 1 amide bonds. The average Bonchev–Trinajstić information content (AvgIpc) is 3.00. The fourth-order valence-corrected chi connectivity index (χ4v) is 3.21. The summed E-state index contributed by atoms with van der Waals surface area (Å²) in [4.78, 5) is 17.5. The van der Waals surface area contributed by atoms with Gasteiger partial charge in [0.1, 0.15) is 0 Å². The maximum absolute atomic E-state index is 11.9. The van der Waals surface area contributed by atoms with Crippen LogP contribution >= 0.6 is 22.7 Å². The number of nitrogens with zero attached hydrogens (tertiary/aromatic N) is 1. The van der Waals surface area contributed by atoms with Gasteiger partial charge in [-0.05, 0) is 24.3 Å². The number of hydrogen-bond donors (Lipinski definition) is 1. The van der Waals surface area contributed by atoms with Crippen LogP contribution in [0, 0.1) is 5.92 Å². The third-order valence-electron chi connectivity index (χ3n) is 2.86. The van der Waals surface area contributed by atoms with Gasteiger partial charge in [-0.3, -0.25) is 4.79 Å². The van der Waals surface area contributed by atoms with Crippen LogP contribution < -0.4 is 5.32 Å². The SMILES string of the molecule is CCC(CC)C(=O)Nc1nc(-c2cccs2)cs1. The van der Waals surface area contributed by atoms with Crippen LogP contribution in [0.5, 0.6) is 0 Å². The van der Waals surface area contributed by atoms with Crippen molar-refractivity contribution in [1.29, 1.82) is 0 Å². The highest BCUT2D eigenvalue weighted by atomic mass is 32.1. The fraction of sp³-hybridized carbons (Fsp3) is 0.385. The second-order valence-electron chi connectivity index (χ2n) is 4.02. The Morgan fingerprint density at radius 2 is 2.17 bits per heavy atom. The summed E-state index contributed by atoms with van der Waals surface area (Å²) in [5.74, 6) is 0.158. The first-order valence-electron chi connectivity index (χ1n) is 6.04. The number of anilines is 1. The maximum Gasteiger partial charge on any atom is 0.229 e. The molecule has 5 heteroatoms. The average molecular weight is 280 g/mol. The molecular formula is C13H16N2OS2. The van der Waals surface area contributed by atoms with Crippen molar-refractivity contribution in [2.45, 2.75) is 26.7 Å². The van der Waals surface area contributed by atoms with Crippen LogP contribution in [0.3, 0.4) is 0 Å². The van der Waals surface area contributed by atoms with Crippen molar-refractivity contribution in [3.63, 3.8) is 0 Å². The van der Waals surface area contributed by atoms with Crippen LogP contribution in [-0.4, -0.2) is 10.9 Å². The van der Waals surface area contributed by atoms with Gasteiger partial charge in [-0.15, -0.1) is 22.7 Å². The minimum Gasteiger partial charge on any atom is -0.302 e. The quantitative estimate of drug-likeness (QED) is 0.889. The molecule has 0 spiro atoms. The van der Waals surface area contributed by atoms with E-state index in [0.29, 0.717) is 5.13 Å². The number of carbonyl (C=O) groups is 1. The van der Waals surface area contributed by atoms with E-state index in [1.165, 1.54) is 11.3 Å². The molecule has 0 fully saturated rings. The van der Waals surface area contributed by atoms with Crippen LogP contribution in [0.4, 0.5) is 5.13 Å². The summed E-state index contributed by atoms with van der Waals surface area (Å²) in [7, 11) is 0. The van der Waals surface area contributed by atoms with Gasteiger partial charge in [0.25, 0.3) is 0 Å². The Morgan fingerprint density at radius 1 is 1.39 bits per heavy atom. The lowest BCUT2D eigenvalue weighted by molar-refractivity contribution is -0.120. The standard InChI is InChI=1S/C13H16N2OS2/c1-3-9(4-2)12(16)15-13-14-10(8-18-13)11-6-5-7-17-11/h5-9H,3-4H2,1-2H3,(H,14,15,16). The first-order chi connectivity index (χ1) is 8.74. The van der Waals surface area contributed by atoms with Crippen molar-refractivity contribution in [3.8, 4) is 10.6 Å². The van der Waals surface area contributed by atoms with Crippen molar-refractivity contribution < 1.29 is 4.79 Å². The smallest absolute Gasteiger partial charge is 0.229 e. The zero-order valence-electron chi connectivity index (χ0n) is 10.5. The highest BCUT2D eigenvalue weighted by molar-refractivity contribution is 7.16. The molecule has 0 aliphatic heterocycles. The zero-order valence-corrected chi connectivity index (χ0v) is 12.1. The van der Waals surface area contributed by atoms with Gasteiger partial charge in [-0.2, -0.15) is 0 Å². The number of thiazole rings is 1. The van der Waals surface area contributed by atoms with Crippen molar-refractivity contribution in [1.82, 2.24) is 4.98 Å². The molecule has 0 aromatic carbocycles. The molecule has 0 bridgehead atoms. The predicted molar refractivity (Wildman–Crippen MR) is 78.1 cm³/mol. The summed E-state index contributed by atoms with van der Waals surface area (Å²) in [5, 5.41) is 7.59. The summed E-state index contributed by atoms with van der Waals surface area (Å²) in [6, 6.07) is 4.04. The number of thiophene rings is 1. The predicted octanol–water partition coefficient (Wildman–Crippen LogP) is 4.25. The largest absolute Gasteiger partial charge is 0.302 e. The minimum atomic E-state index is 0.0760. The number of nitrogens with one attached hydrogen (secondary N) is 1. The van der Waals surface area contributed by atoms with Gasteiger partial charge in [0.15, 0.2) is 5.13 Å². The van der Waals surface area contributed by atoms with Crippen LogP contribution in [0.1, 0.15) is 26.7 Å². The van der Waals surface area contributed by atoms with Crippen LogP contribution in [0.2, 0.25) is 0 Å². The molecule has 2 rings (SSSR count). The fourth-order valence-electron chi connectivity index (χ4n) is 1.74. The first-order valence-corrected chi connectivity index (χ1v) is 7.80. The van der Waals surface area contributed by atoms with Gasteiger partial charge in [0.2, 0.25) is 5.91 Å². The molecule has 2 heterocycles. The van der Waals surface area contributed by atoms with Crippen molar-refractivity contribution in [2.75, 3.05) is 5.32 Å². The molecule has 0 aliphatic rings. The van der Waals surface area contributed by atoms with E-state index in [1.54, 1.807) is 11.3 Å². The highest BCUT2D eigenvalue weighted by Gasteiger charge is 2.15. The van der Waals surface area contributed by atoms with Gasteiger partial charge in [-0.25, -0.2) is 4.98 Å². The van der Waals surface area contributed by atoms with E-state index in [0.717, 1.165) is 23.4 Å². The molecule has 0 radical (unpaired) electrons. The summed E-state index contributed by atoms with van der Waals surface area (Å²) in [5.41, 5.74) is 0.940. The van der Waals surface area contributed by atoms with Gasteiger partial charge in [0.05, 0.1) is 10.6 Å². The molecule has 0 saturated heterocycles. The Kier molecular flexibility index (Phi) is 4.49. The molecule has 0 aliphatic carbocycles. The van der Waals surface area contributed by atoms with Gasteiger partial charge < -0.3 is 5.32 Å². The Morgan fingerprint density at radius 3 is 2.78 bits per heavy atom. The van der Waals surface area contributed by atoms with Crippen LogP contribution in [-0.2, 0) is 4.79 Å². The summed E-state index contributed by atoms with van der Waals surface area (Å²) < 4.78 is 0. The van der Waals surface area contributed by atoms with E-state index in [1.807, 2.05) is 36.7 Å². The molecule has 0 unspecified atom stereocenters. The number of rotatable bonds is 5. The van der Waals surface area contributed by atoms with Crippen LogP contribution in [0.15, 0.2) is 22.9 Å². The Labute approximate surface area is 115 Å². The van der Waals surface area contributed by atoms with Crippen molar-refractivity contribution in [3.05, 3.63) is 22.9 Å². The number of hydrogen-bond acceptors (Lipinski definition) is 4. The van der Waals surface area contributed by atoms with E-state index in [-0.39, 0.29) is 11.8 Å². The summed E-state index contributed by atoms with van der Waals surface area (Å²) in [6.07, 6.45) is 1.73. The second kappa shape index (κ2) is 6.11. The molecule has 0 atom stereocenters. The van der Waals surface area contributed by atoms with Crippen molar-refractivity contribution in [2.24, 2.45) is 5.92 Å². The van der Waals surface area contributed by atoms with Gasteiger partial charge in [0, 0.05) is 11.3 Å². The second-order valence-corrected chi connectivity index (χ2v) is 5.82. The summed E-state index contributed by atoms with van der Waals surface area (Å²) in [6.45, 7) is 4.07. The van der Waals surface area contributed by atoms with E-state index >= 15 is 0 Å². The Bertz CT molecular complexity index is 501. The van der Waals surface area contributed by atoms with Crippen molar-refractivity contribution >= 4 is 33.7 Å². The summed E-state index contributed by atoms with van der Waals surface area (Å²) >= 11 is 3.13. The highest BCUT2D eigenvalue weighted by Crippen LogP contribution is 2.28. The lowest BCUT2D eigenvalue weighted by atomic mass is 10.0. The third kappa shape index (κ3) is 2.97. The third-order valence-corrected chi connectivity index (χ3v) is 4.51. The number of carbonyl (C=O) groups excluding carboxylic acids is 1.